The van der Waals surface area contributed by atoms with E-state index in [0.29, 0.717) is 27.8 Å². The van der Waals surface area contributed by atoms with Gasteiger partial charge in [-0.2, -0.15) is 0 Å². The Kier molecular flexibility index (Phi) is 4.44. The number of nitrogens with one attached hydrogen (secondary N) is 2. The number of carbonyl (C=O) groups is 1. The van der Waals surface area contributed by atoms with Crippen molar-refractivity contribution < 1.29 is 9.53 Å². The maximum atomic E-state index is 12.7. The number of hydrogen-bond acceptors (Lipinski definition) is 6. The molecule has 0 saturated carbocycles. The van der Waals surface area contributed by atoms with Crippen LogP contribution in [0.15, 0.2) is 51.6 Å². The highest BCUT2D eigenvalue weighted by molar-refractivity contribution is 7.98. The number of thioether (sulfide) groups is 1. The monoisotopic (exact) mass is 343 g/mol. The number of fused-ring (bicyclic) bond motifs is 1. The lowest BCUT2D eigenvalue weighted by Gasteiger charge is -2.28. The number of esters is 1. The van der Waals surface area contributed by atoms with Crippen LogP contribution in [0.1, 0.15) is 24.0 Å². The molecule has 1 atom stereocenters. The zero-order chi connectivity index (χ0) is 17.3. The number of carbonyl (C=O) groups excluding carboxylic acids is 1. The standard InChI is InChI=1S/C17H17N3O3S/c1-9-11(16(22)23-2)12(10-7-5-4-6-8-10)13-14(18-9)19-17(24-3)20-15(13)21/h4-8,12H,1-3H3,(H2,18,19,20,21). The van der Waals surface area contributed by atoms with Gasteiger partial charge in [0.2, 0.25) is 0 Å². The Bertz CT molecular complexity index is 874. The van der Waals surface area contributed by atoms with Crippen molar-refractivity contribution in [2.75, 3.05) is 18.7 Å². The molecule has 124 valence electrons. The average molecular weight is 343 g/mol. The molecule has 6 nitrogen and oxygen atoms in total. The van der Waals surface area contributed by atoms with Crippen LogP contribution in [0, 0.1) is 0 Å². The summed E-state index contributed by atoms with van der Waals surface area (Å²) in [6.07, 6.45) is 1.84. The molecule has 0 bridgehead atoms. The van der Waals surface area contributed by atoms with E-state index < -0.39 is 11.9 Å². The molecule has 1 aromatic heterocycles. The minimum atomic E-state index is -0.526. The summed E-state index contributed by atoms with van der Waals surface area (Å²) >= 11 is 1.35. The van der Waals surface area contributed by atoms with E-state index in [1.165, 1.54) is 18.9 Å². The number of hydrogen-bond donors (Lipinski definition) is 2. The lowest BCUT2D eigenvalue weighted by molar-refractivity contribution is -0.136. The van der Waals surface area contributed by atoms with E-state index in [1.54, 1.807) is 6.92 Å². The van der Waals surface area contributed by atoms with Crippen LogP contribution >= 0.6 is 11.8 Å². The van der Waals surface area contributed by atoms with Gasteiger partial charge in [0.15, 0.2) is 5.16 Å². The Labute approximate surface area is 143 Å². The molecule has 1 aromatic carbocycles. The van der Waals surface area contributed by atoms with Crippen LogP contribution in [0.5, 0.6) is 0 Å². The van der Waals surface area contributed by atoms with E-state index in [1.807, 2.05) is 36.6 Å². The van der Waals surface area contributed by atoms with Crippen LogP contribution in [0.2, 0.25) is 0 Å². The van der Waals surface area contributed by atoms with E-state index in [0.717, 1.165) is 5.56 Å². The Morgan fingerprint density at radius 3 is 2.62 bits per heavy atom. The fourth-order valence-corrected chi connectivity index (χ4v) is 3.26. The molecule has 24 heavy (non-hydrogen) atoms. The Balaban J connectivity index is 2.29. The van der Waals surface area contributed by atoms with E-state index in [2.05, 4.69) is 15.3 Å². The van der Waals surface area contributed by atoms with Crippen molar-refractivity contribution in [3.8, 4) is 0 Å². The van der Waals surface area contributed by atoms with Gasteiger partial charge in [0.25, 0.3) is 5.56 Å². The molecule has 3 rings (SSSR count). The molecule has 0 saturated heterocycles. The van der Waals surface area contributed by atoms with Crippen molar-refractivity contribution in [3.63, 3.8) is 0 Å². The van der Waals surface area contributed by atoms with Gasteiger partial charge in [-0.25, -0.2) is 9.78 Å². The molecular weight excluding hydrogens is 326 g/mol. The first kappa shape index (κ1) is 16.3. The van der Waals surface area contributed by atoms with Gasteiger partial charge in [0.05, 0.1) is 24.2 Å². The minimum absolute atomic E-state index is 0.264. The Morgan fingerprint density at radius 2 is 2.00 bits per heavy atom. The molecule has 1 unspecified atom stereocenters. The lowest BCUT2D eigenvalue weighted by Crippen LogP contribution is -2.30. The fourth-order valence-electron chi connectivity index (χ4n) is 2.89. The second kappa shape index (κ2) is 6.52. The number of anilines is 1. The molecular formula is C17H17N3O3S. The average Bonchev–Trinajstić information content (AvgIpc) is 2.60. The van der Waals surface area contributed by atoms with E-state index in [4.69, 9.17) is 4.74 Å². The maximum absolute atomic E-state index is 12.7. The summed E-state index contributed by atoms with van der Waals surface area (Å²) in [6, 6.07) is 9.41. The molecule has 0 amide bonds. The Hall–Kier alpha value is -2.54. The summed E-state index contributed by atoms with van der Waals surface area (Å²) in [5.74, 6) is -0.517. The van der Waals surface area contributed by atoms with Crippen molar-refractivity contribution >= 4 is 23.5 Å². The number of H-pyrrole nitrogens is 1. The van der Waals surface area contributed by atoms with E-state index >= 15 is 0 Å². The highest BCUT2D eigenvalue weighted by Crippen LogP contribution is 2.39. The summed E-state index contributed by atoms with van der Waals surface area (Å²) in [6.45, 7) is 1.78. The fraction of sp³-hybridized carbons (Fsp3) is 0.235. The van der Waals surface area contributed by atoms with Crippen molar-refractivity contribution in [3.05, 3.63) is 63.1 Å². The van der Waals surface area contributed by atoms with Gasteiger partial charge in [0.1, 0.15) is 5.82 Å². The number of allylic oxidation sites excluding steroid dienone is 1. The third-order valence-electron chi connectivity index (χ3n) is 3.95. The Morgan fingerprint density at radius 1 is 1.29 bits per heavy atom. The molecule has 7 heteroatoms. The summed E-state index contributed by atoms with van der Waals surface area (Å²) in [5.41, 5.74) is 2.04. The summed E-state index contributed by atoms with van der Waals surface area (Å²) < 4.78 is 4.94. The summed E-state index contributed by atoms with van der Waals surface area (Å²) in [7, 11) is 1.33. The van der Waals surface area contributed by atoms with Gasteiger partial charge in [-0.15, -0.1) is 0 Å². The molecule has 1 aliphatic rings. The predicted molar refractivity (Wildman–Crippen MR) is 93.3 cm³/mol. The molecule has 2 aromatic rings. The second-order valence-corrected chi connectivity index (χ2v) is 6.13. The SMILES string of the molecule is COC(=O)C1=C(C)Nc2nc(SC)[nH]c(=O)c2C1c1ccccc1. The normalized spacial score (nSPS) is 16.4. The minimum Gasteiger partial charge on any atom is -0.466 e. The first-order chi connectivity index (χ1) is 11.6. The van der Waals surface area contributed by atoms with Gasteiger partial charge < -0.3 is 15.0 Å². The summed E-state index contributed by atoms with van der Waals surface area (Å²) in [5, 5.41) is 3.60. The maximum Gasteiger partial charge on any atom is 0.336 e. The van der Waals surface area contributed by atoms with Crippen molar-refractivity contribution in [1.82, 2.24) is 9.97 Å². The van der Waals surface area contributed by atoms with Crippen LogP contribution in [-0.2, 0) is 9.53 Å². The quantitative estimate of drug-likeness (QED) is 0.506. The molecule has 2 heterocycles. The van der Waals surface area contributed by atoms with Crippen LogP contribution in [0.25, 0.3) is 0 Å². The smallest absolute Gasteiger partial charge is 0.336 e. The topological polar surface area (TPSA) is 84.1 Å². The van der Waals surface area contributed by atoms with Crippen molar-refractivity contribution in [1.29, 1.82) is 0 Å². The van der Waals surface area contributed by atoms with Gasteiger partial charge in [-0.1, -0.05) is 42.1 Å². The molecule has 0 fully saturated rings. The van der Waals surface area contributed by atoms with Gasteiger partial charge >= 0.3 is 5.97 Å². The number of ether oxygens (including phenoxy) is 1. The molecule has 2 N–H and O–H groups in total. The van der Waals surface area contributed by atoms with Crippen LogP contribution in [0.3, 0.4) is 0 Å². The predicted octanol–water partition coefficient (Wildman–Crippen LogP) is 2.50. The molecule has 0 radical (unpaired) electrons. The third kappa shape index (κ3) is 2.71. The highest BCUT2D eigenvalue weighted by atomic mass is 32.2. The molecule has 1 aliphatic heterocycles. The van der Waals surface area contributed by atoms with Crippen LogP contribution in [-0.4, -0.2) is 29.3 Å². The zero-order valence-electron chi connectivity index (χ0n) is 13.5. The number of nitrogens with zero attached hydrogens (tertiary/aromatic N) is 1. The van der Waals surface area contributed by atoms with Crippen LogP contribution in [0.4, 0.5) is 5.82 Å². The molecule has 0 aliphatic carbocycles. The van der Waals surface area contributed by atoms with Gasteiger partial charge in [0, 0.05) is 5.70 Å². The first-order valence-corrected chi connectivity index (χ1v) is 8.58. The number of benzene rings is 1. The number of aromatic nitrogens is 2. The highest BCUT2D eigenvalue weighted by Gasteiger charge is 2.35. The largest absolute Gasteiger partial charge is 0.466 e. The second-order valence-electron chi connectivity index (χ2n) is 5.34. The van der Waals surface area contributed by atoms with Crippen molar-refractivity contribution in [2.45, 2.75) is 18.0 Å². The first-order valence-electron chi connectivity index (χ1n) is 7.36. The summed E-state index contributed by atoms with van der Waals surface area (Å²) in [4.78, 5) is 32.2. The number of methoxy groups -OCH3 is 1. The number of rotatable bonds is 3. The van der Waals surface area contributed by atoms with Crippen molar-refractivity contribution in [2.24, 2.45) is 0 Å². The van der Waals surface area contributed by atoms with Gasteiger partial charge in [-0.3, -0.25) is 4.79 Å². The van der Waals surface area contributed by atoms with E-state index in [9.17, 15) is 9.59 Å². The lowest BCUT2D eigenvalue weighted by atomic mass is 9.82. The van der Waals surface area contributed by atoms with E-state index in [-0.39, 0.29) is 5.56 Å². The zero-order valence-corrected chi connectivity index (χ0v) is 14.4. The van der Waals surface area contributed by atoms with Gasteiger partial charge in [-0.05, 0) is 18.7 Å². The molecule has 0 spiro atoms. The number of aromatic amines is 1. The third-order valence-corrected chi connectivity index (χ3v) is 4.53. The van der Waals surface area contributed by atoms with Crippen LogP contribution < -0.4 is 10.9 Å².